The lowest BCUT2D eigenvalue weighted by Crippen LogP contribution is -2.53. The molecule has 0 saturated carbocycles. The van der Waals surface area contributed by atoms with E-state index in [4.69, 9.17) is 13.9 Å². The second-order valence-corrected chi connectivity index (χ2v) is 10.3. The number of alkyl carbamates (subject to hydrolysis) is 1. The molecule has 3 unspecified atom stereocenters. The second-order valence-electron chi connectivity index (χ2n) is 9.35. The minimum absolute atomic E-state index is 0.0898. The lowest BCUT2D eigenvalue weighted by atomic mass is 10.00. The highest BCUT2D eigenvalue weighted by Gasteiger charge is 2.28. The second kappa shape index (κ2) is 14.7. The highest BCUT2D eigenvalue weighted by molar-refractivity contribution is 7.99. The summed E-state index contributed by atoms with van der Waals surface area (Å²) in [6, 6.07) is 11.7. The molecule has 0 bridgehead atoms. The Morgan fingerprint density at radius 3 is 2.56 bits per heavy atom. The number of thioether (sulfide) groups is 1. The van der Waals surface area contributed by atoms with E-state index < -0.39 is 24.1 Å². The third kappa shape index (κ3) is 9.70. The van der Waals surface area contributed by atoms with Crippen LogP contribution in [-0.4, -0.2) is 54.9 Å². The number of hydrogen-bond donors (Lipinski definition) is 2. The molecule has 1 saturated heterocycles. The Labute approximate surface area is 216 Å². The predicted octanol–water partition coefficient (Wildman–Crippen LogP) is 4.13. The lowest BCUT2D eigenvalue weighted by Gasteiger charge is -2.24. The Morgan fingerprint density at radius 1 is 1.08 bits per heavy atom. The van der Waals surface area contributed by atoms with E-state index >= 15 is 0 Å². The summed E-state index contributed by atoms with van der Waals surface area (Å²) >= 11 is 1.44. The molecule has 3 rings (SSSR count). The van der Waals surface area contributed by atoms with Crippen LogP contribution in [0.2, 0.25) is 0 Å². The van der Waals surface area contributed by atoms with Crippen molar-refractivity contribution in [2.45, 2.75) is 63.5 Å². The van der Waals surface area contributed by atoms with Gasteiger partial charge in [0.2, 0.25) is 5.91 Å². The minimum Gasteiger partial charge on any atom is -0.468 e. The van der Waals surface area contributed by atoms with Crippen molar-refractivity contribution in [2.24, 2.45) is 5.92 Å². The molecule has 196 valence electrons. The van der Waals surface area contributed by atoms with E-state index in [0.717, 1.165) is 24.2 Å². The van der Waals surface area contributed by atoms with Crippen LogP contribution in [-0.2, 0) is 31.2 Å². The molecule has 2 N–H and O–H groups in total. The number of carbonyl (C=O) groups is 3. The van der Waals surface area contributed by atoms with Gasteiger partial charge in [0.1, 0.15) is 18.4 Å². The fourth-order valence-electron chi connectivity index (χ4n) is 3.95. The zero-order chi connectivity index (χ0) is 25.8. The number of furan rings is 1. The standard InChI is InChI=1S/C27H36N2O6S/c1-19(2)14-24(29-27(32)35-16-21-10-6-12-33-21)26(31)28-23(15-20-8-4-3-5-9-20)25(30)18-36-17-22-11-7-13-34-22/h3-5,7-9,11,13,19,21,23-24H,6,10,12,14-18H2,1-2H3,(H,28,31)(H,29,32). The molecule has 8 nitrogen and oxygen atoms in total. The van der Waals surface area contributed by atoms with Gasteiger partial charge in [-0.1, -0.05) is 44.2 Å². The molecular formula is C27H36N2O6S. The molecule has 1 aromatic heterocycles. The van der Waals surface area contributed by atoms with Gasteiger partial charge in [0, 0.05) is 6.61 Å². The number of ketones is 1. The molecule has 1 fully saturated rings. The van der Waals surface area contributed by atoms with Crippen molar-refractivity contribution in [3.63, 3.8) is 0 Å². The van der Waals surface area contributed by atoms with Crippen LogP contribution in [0.1, 0.15) is 44.4 Å². The van der Waals surface area contributed by atoms with Crippen molar-refractivity contribution >= 4 is 29.5 Å². The molecule has 1 aromatic carbocycles. The molecule has 0 aliphatic carbocycles. The van der Waals surface area contributed by atoms with E-state index in [1.807, 2.05) is 56.3 Å². The Balaban J connectivity index is 1.61. The maximum absolute atomic E-state index is 13.3. The lowest BCUT2D eigenvalue weighted by molar-refractivity contribution is -0.128. The van der Waals surface area contributed by atoms with Gasteiger partial charge in [-0.3, -0.25) is 9.59 Å². The molecule has 0 spiro atoms. The van der Waals surface area contributed by atoms with Gasteiger partial charge < -0.3 is 24.5 Å². The van der Waals surface area contributed by atoms with Crippen LogP contribution < -0.4 is 10.6 Å². The maximum atomic E-state index is 13.3. The van der Waals surface area contributed by atoms with Gasteiger partial charge in [-0.2, -0.15) is 0 Å². The molecule has 2 heterocycles. The van der Waals surface area contributed by atoms with Crippen LogP contribution in [0.15, 0.2) is 53.1 Å². The van der Waals surface area contributed by atoms with Crippen LogP contribution in [0.4, 0.5) is 4.79 Å². The molecule has 2 amide bonds. The van der Waals surface area contributed by atoms with E-state index in [0.29, 0.717) is 25.2 Å². The van der Waals surface area contributed by atoms with Crippen molar-refractivity contribution < 1.29 is 28.3 Å². The SMILES string of the molecule is CC(C)CC(NC(=O)OCC1CCCO1)C(=O)NC(Cc1ccccc1)C(=O)CSCc1ccco1. The topological polar surface area (TPSA) is 107 Å². The van der Waals surface area contributed by atoms with Crippen molar-refractivity contribution in [3.8, 4) is 0 Å². The zero-order valence-corrected chi connectivity index (χ0v) is 21.8. The summed E-state index contributed by atoms with van der Waals surface area (Å²) in [5.41, 5.74) is 0.941. The number of Topliss-reactive ketones (excluding diaryl/α,β-unsaturated/α-hetero) is 1. The normalized spacial score (nSPS) is 16.9. The van der Waals surface area contributed by atoms with E-state index in [1.54, 1.807) is 6.26 Å². The average molecular weight is 517 g/mol. The number of amides is 2. The number of carbonyl (C=O) groups excluding carboxylic acids is 3. The number of ether oxygens (including phenoxy) is 2. The van der Waals surface area contributed by atoms with Gasteiger partial charge in [-0.15, -0.1) is 11.8 Å². The summed E-state index contributed by atoms with van der Waals surface area (Å²) in [7, 11) is 0. The number of hydrogen-bond acceptors (Lipinski definition) is 7. The molecule has 0 radical (unpaired) electrons. The minimum atomic E-state index is -0.816. The summed E-state index contributed by atoms with van der Waals surface area (Å²) < 4.78 is 16.1. The number of benzene rings is 1. The Bertz CT molecular complexity index is 944. The summed E-state index contributed by atoms with van der Waals surface area (Å²) in [6.45, 7) is 4.77. The van der Waals surface area contributed by atoms with E-state index in [-0.39, 0.29) is 30.2 Å². The highest BCUT2D eigenvalue weighted by atomic mass is 32.2. The first-order valence-electron chi connectivity index (χ1n) is 12.4. The number of nitrogens with one attached hydrogen (secondary N) is 2. The first-order valence-corrected chi connectivity index (χ1v) is 13.6. The van der Waals surface area contributed by atoms with Crippen molar-refractivity contribution in [2.75, 3.05) is 19.0 Å². The van der Waals surface area contributed by atoms with Crippen LogP contribution in [0.5, 0.6) is 0 Å². The molecular weight excluding hydrogens is 480 g/mol. The smallest absolute Gasteiger partial charge is 0.407 e. The van der Waals surface area contributed by atoms with E-state index in [9.17, 15) is 14.4 Å². The summed E-state index contributed by atoms with van der Waals surface area (Å²) in [5, 5.41) is 5.58. The van der Waals surface area contributed by atoms with Gasteiger partial charge in [0.15, 0.2) is 5.78 Å². The summed E-state index contributed by atoms with van der Waals surface area (Å²) in [5.74, 6) is 1.24. The zero-order valence-electron chi connectivity index (χ0n) is 20.9. The quantitative estimate of drug-likeness (QED) is 0.389. The molecule has 3 atom stereocenters. The fourth-order valence-corrected chi connectivity index (χ4v) is 4.82. The fraction of sp³-hybridized carbons (Fsp3) is 0.519. The summed E-state index contributed by atoms with van der Waals surface area (Å²) in [4.78, 5) is 38.8. The highest BCUT2D eigenvalue weighted by Crippen LogP contribution is 2.15. The van der Waals surface area contributed by atoms with Gasteiger partial charge in [0.25, 0.3) is 0 Å². The van der Waals surface area contributed by atoms with Crippen molar-refractivity contribution in [3.05, 3.63) is 60.1 Å². The molecule has 36 heavy (non-hydrogen) atoms. The Morgan fingerprint density at radius 2 is 1.89 bits per heavy atom. The van der Waals surface area contributed by atoms with Crippen molar-refractivity contribution in [1.82, 2.24) is 10.6 Å². The molecule has 1 aliphatic rings. The largest absolute Gasteiger partial charge is 0.468 e. The summed E-state index contributed by atoms with van der Waals surface area (Å²) in [6.07, 6.45) is 3.43. The first kappa shape index (κ1) is 27.8. The Kier molecular flexibility index (Phi) is 11.4. The van der Waals surface area contributed by atoms with Crippen LogP contribution >= 0.6 is 11.8 Å². The van der Waals surface area contributed by atoms with Gasteiger partial charge in [-0.25, -0.2) is 4.79 Å². The van der Waals surface area contributed by atoms with Crippen LogP contribution in [0.3, 0.4) is 0 Å². The van der Waals surface area contributed by atoms with Crippen LogP contribution in [0.25, 0.3) is 0 Å². The number of rotatable bonds is 14. The predicted molar refractivity (Wildman–Crippen MR) is 139 cm³/mol. The first-order chi connectivity index (χ1) is 17.4. The van der Waals surface area contributed by atoms with E-state index in [2.05, 4.69) is 10.6 Å². The third-order valence-electron chi connectivity index (χ3n) is 5.80. The van der Waals surface area contributed by atoms with Crippen LogP contribution in [0, 0.1) is 5.92 Å². The maximum Gasteiger partial charge on any atom is 0.407 e. The molecule has 1 aliphatic heterocycles. The third-order valence-corrected chi connectivity index (χ3v) is 6.77. The van der Waals surface area contributed by atoms with Gasteiger partial charge in [0.05, 0.1) is 29.9 Å². The van der Waals surface area contributed by atoms with E-state index in [1.165, 1.54) is 11.8 Å². The van der Waals surface area contributed by atoms with Crippen molar-refractivity contribution in [1.29, 1.82) is 0 Å². The van der Waals surface area contributed by atoms with Gasteiger partial charge in [-0.05, 0) is 49.3 Å². The molecule has 9 heteroatoms. The van der Waals surface area contributed by atoms with Gasteiger partial charge >= 0.3 is 6.09 Å². The average Bonchev–Trinajstić information content (AvgIpc) is 3.57. The molecule has 2 aromatic rings. The Hall–Kier alpha value is -2.78. The monoisotopic (exact) mass is 516 g/mol.